The van der Waals surface area contributed by atoms with Gasteiger partial charge in [-0.2, -0.15) is 5.10 Å². The number of nitrogens with zero attached hydrogens (tertiary/aromatic N) is 1. The summed E-state index contributed by atoms with van der Waals surface area (Å²) in [5, 5.41) is 6.32. The van der Waals surface area contributed by atoms with Gasteiger partial charge in [-0.3, -0.25) is 5.10 Å². The molecule has 0 amide bonds. The number of aromatic amines is 1. The summed E-state index contributed by atoms with van der Waals surface area (Å²) in [6.07, 6.45) is 1.43. The van der Waals surface area contributed by atoms with Gasteiger partial charge in [-0.05, 0) is 15.9 Å². The zero-order valence-electron chi connectivity index (χ0n) is 9.75. The summed E-state index contributed by atoms with van der Waals surface area (Å²) in [5.74, 6) is 0.445. The Morgan fingerprint density at radius 2 is 2.11 bits per heavy atom. The largest absolute Gasteiger partial charge is 0.493 e. The van der Waals surface area contributed by atoms with E-state index in [0.717, 1.165) is 0 Å². The van der Waals surface area contributed by atoms with Crippen molar-refractivity contribution >= 4 is 21.7 Å². The maximum absolute atomic E-state index is 14.2. The second-order valence-corrected chi connectivity index (χ2v) is 4.33. The van der Waals surface area contributed by atoms with Crippen molar-refractivity contribution in [2.24, 2.45) is 0 Å². The fourth-order valence-electron chi connectivity index (χ4n) is 1.68. The fourth-order valence-corrected chi connectivity index (χ4v) is 2.08. The minimum Gasteiger partial charge on any atom is -0.493 e. The summed E-state index contributed by atoms with van der Waals surface area (Å²) < 4.78 is 24.8. The summed E-state index contributed by atoms with van der Waals surface area (Å²) in [4.78, 5) is 0. The van der Waals surface area contributed by atoms with Gasteiger partial charge in [0.05, 0.1) is 36.0 Å². The Morgan fingerprint density at radius 1 is 1.39 bits per heavy atom. The van der Waals surface area contributed by atoms with Gasteiger partial charge < -0.3 is 15.2 Å². The van der Waals surface area contributed by atoms with Crippen LogP contribution in [0.3, 0.4) is 0 Å². The van der Waals surface area contributed by atoms with Gasteiger partial charge in [0.15, 0.2) is 11.5 Å². The first-order valence-electron chi connectivity index (χ1n) is 4.99. The average molecular weight is 316 g/mol. The molecule has 0 unspecified atom stereocenters. The molecule has 0 bridgehead atoms. The van der Waals surface area contributed by atoms with E-state index in [0.29, 0.717) is 11.3 Å². The lowest BCUT2D eigenvalue weighted by Gasteiger charge is -2.14. The van der Waals surface area contributed by atoms with Crippen molar-refractivity contribution in [1.82, 2.24) is 10.2 Å². The summed E-state index contributed by atoms with van der Waals surface area (Å²) in [6, 6.07) is 1.49. The van der Waals surface area contributed by atoms with Crippen molar-refractivity contribution in [2.45, 2.75) is 0 Å². The maximum atomic E-state index is 14.2. The number of nitrogens with two attached hydrogens (primary N) is 1. The van der Waals surface area contributed by atoms with E-state index >= 15 is 0 Å². The lowest BCUT2D eigenvalue weighted by Crippen LogP contribution is -1.98. The van der Waals surface area contributed by atoms with Gasteiger partial charge in [-0.25, -0.2) is 4.39 Å². The van der Waals surface area contributed by atoms with Gasteiger partial charge in [0.25, 0.3) is 0 Å². The standard InChI is InChI=1S/C11H11BrFN3O2/c1-17-7-3-6(12)9(13)8(10(7)18-2)5-4-15-16-11(5)14/h3-4H,1-2H3,(H3,14,15,16). The predicted molar refractivity (Wildman–Crippen MR) is 69.2 cm³/mol. The molecule has 0 saturated heterocycles. The van der Waals surface area contributed by atoms with E-state index in [4.69, 9.17) is 15.2 Å². The number of halogens is 2. The number of anilines is 1. The number of ether oxygens (including phenoxy) is 2. The third-order valence-corrected chi connectivity index (χ3v) is 3.08. The van der Waals surface area contributed by atoms with Crippen LogP contribution in [0.1, 0.15) is 0 Å². The highest BCUT2D eigenvalue weighted by Crippen LogP contribution is 2.44. The Kier molecular flexibility index (Phi) is 3.42. The van der Waals surface area contributed by atoms with Gasteiger partial charge in [0, 0.05) is 6.07 Å². The molecule has 0 aliphatic heterocycles. The molecule has 2 aromatic rings. The number of aromatic nitrogens is 2. The van der Waals surface area contributed by atoms with E-state index in [1.807, 2.05) is 0 Å². The van der Waals surface area contributed by atoms with Crippen molar-refractivity contribution in [3.05, 3.63) is 22.6 Å². The highest BCUT2D eigenvalue weighted by atomic mass is 79.9. The Labute approximate surface area is 111 Å². The van der Waals surface area contributed by atoms with Crippen LogP contribution in [0.4, 0.5) is 10.2 Å². The number of benzene rings is 1. The molecule has 0 saturated carbocycles. The molecule has 1 aromatic heterocycles. The molecule has 1 aromatic carbocycles. The van der Waals surface area contributed by atoms with Gasteiger partial charge in [0.1, 0.15) is 11.6 Å². The number of rotatable bonds is 3. The fraction of sp³-hybridized carbons (Fsp3) is 0.182. The molecule has 7 heteroatoms. The zero-order chi connectivity index (χ0) is 13.3. The third-order valence-electron chi connectivity index (χ3n) is 2.50. The van der Waals surface area contributed by atoms with Crippen LogP contribution in [0.2, 0.25) is 0 Å². The molecule has 18 heavy (non-hydrogen) atoms. The van der Waals surface area contributed by atoms with Crippen molar-refractivity contribution in [2.75, 3.05) is 20.0 Å². The van der Waals surface area contributed by atoms with Crippen LogP contribution < -0.4 is 15.2 Å². The SMILES string of the molecule is COc1cc(Br)c(F)c(-c2cn[nH]c2N)c1OC. The Hall–Kier alpha value is -1.76. The third kappa shape index (κ3) is 1.90. The normalized spacial score (nSPS) is 10.4. The molecule has 96 valence electrons. The smallest absolute Gasteiger partial charge is 0.171 e. The van der Waals surface area contributed by atoms with Gasteiger partial charge in [-0.1, -0.05) is 0 Å². The monoisotopic (exact) mass is 315 g/mol. The summed E-state index contributed by atoms with van der Waals surface area (Å²) >= 11 is 3.13. The van der Waals surface area contributed by atoms with Crippen LogP contribution >= 0.6 is 15.9 Å². The molecule has 5 nitrogen and oxygen atoms in total. The van der Waals surface area contributed by atoms with E-state index in [9.17, 15) is 4.39 Å². The van der Waals surface area contributed by atoms with Crippen molar-refractivity contribution in [1.29, 1.82) is 0 Å². The van der Waals surface area contributed by atoms with Crippen LogP contribution in [0.5, 0.6) is 11.5 Å². The second-order valence-electron chi connectivity index (χ2n) is 3.48. The van der Waals surface area contributed by atoms with Crippen LogP contribution in [0.25, 0.3) is 11.1 Å². The molecule has 1 heterocycles. The minimum atomic E-state index is -0.485. The van der Waals surface area contributed by atoms with Crippen LogP contribution in [-0.4, -0.2) is 24.4 Å². The molecule has 0 fully saturated rings. The number of nitrogens with one attached hydrogen (secondary N) is 1. The van der Waals surface area contributed by atoms with E-state index in [1.165, 1.54) is 26.5 Å². The molecule has 0 aliphatic rings. The van der Waals surface area contributed by atoms with Gasteiger partial charge >= 0.3 is 0 Å². The first kappa shape index (κ1) is 12.7. The lowest BCUT2D eigenvalue weighted by molar-refractivity contribution is 0.353. The lowest BCUT2D eigenvalue weighted by atomic mass is 10.1. The molecular formula is C11H11BrFN3O2. The molecule has 0 radical (unpaired) electrons. The molecule has 0 atom stereocenters. The van der Waals surface area contributed by atoms with Crippen LogP contribution in [0.15, 0.2) is 16.7 Å². The Bertz CT molecular complexity index is 586. The van der Waals surface area contributed by atoms with E-state index in [1.54, 1.807) is 0 Å². The number of methoxy groups -OCH3 is 2. The molecule has 2 rings (SSSR count). The summed E-state index contributed by atoms with van der Waals surface area (Å²) in [5.41, 5.74) is 6.33. The van der Waals surface area contributed by atoms with Crippen molar-refractivity contribution in [3.63, 3.8) is 0 Å². The molecule has 0 aliphatic carbocycles. The van der Waals surface area contributed by atoms with E-state index in [2.05, 4.69) is 26.1 Å². The first-order valence-corrected chi connectivity index (χ1v) is 5.78. The van der Waals surface area contributed by atoms with Gasteiger partial charge in [-0.15, -0.1) is 0 Å². The zero-order valence-corrected chi connectivity index (χ0v) is 11.3. The minimum absolute atomic E-state index is 0.204. The summed E-state index contributed by atoms with van der Waals surface area (Å²) in [6.45, 7) is 0. The van der Waals surface area contributed by atoms with E-state index < -0.39 is 5.82 Å². The molecule has 0 spiro atoms. The first-order chi connectivity index (χ1) is 8.60. The van der Waals surface area contributed by atoms with E-state index in [-0.39, 0.29) is 21.6 Å². The highest BCUT2D eigenvalue weighted by Gasteiger charge is 2.22. The van der Waals surface area contributed by atoms with Crippen LogP contribution in [0, 0.1) is 5.82 Å². The second kappa shape index (κ2) is 4.85. The quantitative estimate of drug-likeness (QED) is 0.913. The Morgan fingerprint density at radius 3 is 2.61 bits per heavy atom. The van der Waals surface area contributed by atoms with Crippen molar-refractivity contribution < 1.29 is 13.9 Å². The highest BCUT2D eigenvalue weighted by molar-refractivity contribution is 9.10. The van der Waals surface area contributed by atoms with Crippen molar-refractivity contribution in [3.8, 4) is 22.6 Å². The number of hydrogen-bond acceptors (Lipinski definition) is 4. The number of nitrogen functional groups attached to an aromatic ring is 1. The van der Waals surface area contributed by atoms with Gasteiger partial charge in [0.2, 0.25) is 0 Å². The average Bonchev–Trinajstić information content (AvgIpc) is 2.78. The maximum Gasteiger partial charge on any atom is 0.171 e. The Balaban J connectivity index is 2.79. The topological polar surface area (TPSA) is 73.2 Å². The molecular weight excluding hydrogens is 305 g/mol. The number of hydrogen-bond donors (Lipinski definition) is 2. The predicted octanol–water partition coefficient (Wildman–Crippen LogP) is 2.58. The molecule has 3 N–H and O–H groups in total. The van der Waals surface area contributed by atoms with Crippen LogP contribution in [-0.2, 0) is 0 Å². The summed E-state index contributed by atoms with van der Waals surface area (Å²) in [7, 11) is 2.91. The number of H-pyrrole nitrogens is 1.